The van der Waals surface area contributed by atoms with Crippen LogP contribution in [-0.2, 0) is 26.5 Å². The first-order valence-corrected chi connectivity index (χ1v) is 25.1. The summed E-state index contributed by atoms with van der Waals surface area (Å²) < 4.78 is 49.4. The number of benzene rings is 6. The molecule has 0 saturated carbocycles. The van der Waals surface area contributed by atoms with E-state index in [0.29, 0.717) is 11.2 Å². The van der Waals surface area contributed by atoms with Gasteiger partial charge >= 0.3 is 0 Å². The van der Waals surface area contributed by atoms with Crippen molar-refractivity contribution in [1.29, 1.82) is 0 Å². The fraction of sp³-hybridized carbons (Fsp3) is 0.263. The molecular weight excluding hydrogens is 963 g/mol. The van der Waals surface area contributed by atoms with Gasteiger partial charge in [-0.05, 0) is 99.5 Å². The number of nitrogens with zero attached hydrogens (tertiary/aromatic N) is 3. The summed E-state index contributed by atoms with van der Waals surface area (Å²) >= 11 is 0. The predicted octanol–water partition coefficient (Wildman–Crippen LogP) is 15.3. The number of furan rings is 1. The molecule has 0 aliphatic carbocycles. The second kappa shape index (κ2) is 18.4. The molecule has 9 aromatic rings. The Bertz CT molecular complexity index is 3210. The summed E-state index contributed by atoms with van der Waals surface area (Å²) in [5, 5.41) is 2.86. The molecular formula is C57H59IrN3OSi-2. The zero-order chi connectivity index (χ0) is 48.2. The third-order valence-electron chi connectivity index (χ3n) is 11.2. The Balaban J connectivity index is 0.000000242. The van der Waals surface area contributed by atoms with Gasteiger partial charge in [0, 0.05) is 44.2 Å². The van der Waals surface area contributed by atoms with Crippen LogP contribution in [0, 0.1) is 24.4 Å². The molecule has 9 rings (SSSR count). The van der Waals surface area contributed by atoms with E-state index in [9.17, 15) is 0 Å². The number of rotatable bonds is 8. The van der Waals surface area contributed by atoms with Crippen LogP contribution in [0.25, 0.3) is 72.4 Å². The number of hydrogen-bond acceptors (Lipinski definition) is 3. The van der Waals surface area contributed by atoms with Crippen LogP contribution in [0.4, 0.5) is 0 Å². The molecule has 3 heterocycles. The van der Waals surface area contributed by atoms with Crippen LogP contribution < -0.4 is 5.19 Å². The number of aryl methyl sites for hydroxylation is 1. The molecule has 0 saturated heterocycles. The summed E-state index contributed by atoms with van der Waals surface area (Å²) in [5.41, 5.74) is 12.3. The molecule has 63 heavy (non-hydrogen) atoms. The molecule has 6 heteroatoms. The minimum Gasteiger partial charge on any atom is -0.500 e. The SMILES string of the molecule is [2H]C([2H])([2H])c1ccc2c(c1)oc1c[c-]c(-c3nc4ccccc4n3-c3c(C(C)C)cc(-c4ccccc4)cc3C(C)C)cc12.[2H]C([2H])(c1cc(-c2[c-]cccc2)ncc1[Si](C)(C)C)C(C)(C)C.[Ir]. The van der Waals surface area contributed by atoms with E-state index in [4.69, 9.17) is 16.3 Å². The van der Waals surface area contributed by atoms with Gasteiger partial charge in [-0.1, -0.05) is 140 Å². The fourth-order valence-electron chi connectivity index (χ4n) is 8.16. The van der Waals surface area contributed by atoms with E-state index < -0.39 is 26.7 Å². The third-order valence-corrected chi connectivity index (χ3v) is 13.2. The molecule has 0 unspecified atom stereocenters. The Kier molecular flexibility index (Phi) is 11.4. The summed E-state index contributed by atoms with van der Waals surface area (Å²) in [7, 11) is -1.70. The van der Waals surface area contributed by atoms with Gasteiger partial charge in [-0.25, -0.2) is 0 Å². The van der Waals surface area contributed by atoms with Crippen LogP contribution in [0.5, 0.6) is 0 Å². The van der Waals surface area contributed by atoms with Crippen molar-refractivity contribution in [3.63, 3.8) is 0 Å². The van der Waals surface area contributed by atoms with Crippen molar-refractivity contribution < 1.29 is 31.4 Å². The number of aromatic nitrogens is 3. The van der Waals surface area contributed by atoms with Gasteiger partial charge in [0.05, 0.1) is 30.5 Å². The number of imidazole rings is 1. The standard InChI is InChI=1S/C38H33N2O.C19H26NSi.Ir/c1-23(2)30-21-28(26-11-7-6-8-12-26)22-31(24(3)4)37(30)40-34-14-10-9-13-33(34)39-38(40)27-16-18-35-32(20-27)29-17-15-25(5)19-36(29)41-35;1-19(2,3)13-16-12-17(15-10-8-7-9-11-15)20-14-18(16)21(4,5)6;/h6-15,17-24H,1-5H3;7-10,12,14H,13H2,1-6H3;/q2*-1;/i5D3;13D2;. The van der Waals surface area contributed by atoms with Crippen molar-refractivity contribution in [2.24, 2.45) is 5.41 Å². The minimum atomic E-state index is -2.20. The molecule has 6 aromatic carbocycles. The van der Waals surface area contributed by atoms with Gasteiger partial charge in [-0.3, -0.25) is 4.98 Å². The van der Waals surface area contributed by atoms with E-state index in [1.54, 1.807) is 12.1 Å². The summed E-state index contributed by atoms with van der Waals surface area (Å²) in [5.74, 6) is 1.33. The molecule has 3 aromatic heterocycles. The van der Waals surface area contributed by atoms with Crippen molar-refractivity contribution in [2.45, 2.75) is 93.2 Å². The molecule has 4 nitrogen and oxygen atoms in total. The van der Waals surface area contributed by atoms with Gasteiger partial charge in [-0.2, -0.15) is 0 Å². The van der Waals surface area contributed by atoms with Gasteiger partial charge in [0.1, 0.15) is 5.58 Å². The Morgan fingerprint density at radius 2 is 1.44 bits per heavy atom. The Morgan fingerprint density at radius 3 is 2.10 bits per heavy atom. The summed E-state index contributed by atoms with van der Waals surface area (Å²) in [6.07, 6.45) is 0.469. The predicted molar refractivity (Wildman–Crippen MR) is 266 cm³/mol. The second-order valence-electron chi connectivity index (χ2n) is 18.9. The van der Waals surface area contributed by atoms with E-state index >= 15 is 0 Å². The number of pyridine rings is 1. The van der Waals surface area contributed by atoms with Crippen LogP contribution in [0.2, 0.25) is 19.6 Å². The minimum absolute atomic E-state index is 0. The fourth-order valence-corrected chi connectivity index (χ4v) is 9.55. The van der Waals surface area contributed by atoms with Crippen LogP contribution >= 0.6 is 0 Å². The quantitative estimate of drug-likeness (QED) is 0.113. The normalized spacial score (nSPS) is 13.6. The molecule has 323 valence electrons. The topological polar surface area (TPSA) is 43.9 Å². The van der Waals surface area contributed by atoms with Crippen LogP contribution in [0.15, 0.2) is 138 Å². The van der Waals surface area contributed by atoms with Gasteiger partial charge in [0.15, 0.2) is 0 Å². The van der Waals surface area contributed by atoms with Crippen molar-refractivity contribution >= 4 is 46.2 Å². The van der Waals surface area contributed by atoms with Gasteiger partial charge in [-0.15, -0.1) is 59.7 Å². The van der Waals surface area contributed by atoms with Crippen molar-refractivity contribution in [3.05, 3.63) is 168 Å². The first-order chi connectivity index (χ1) is 31.5. The van der Waals surface area contributed by atoms with Crippen LogP contribution in [0.3, 0.4) is 0 Å². The van der Waals surface area contributed by atoms with Gasteiger partial charge < -0.3 is 14.0 Å². The van der Waals surface area contributed by atoms with Gasteiger partial charge in [0.25, 0.3) is 0 Å². The first kappa shape index (κ1) is 39.2. The van der Waals surface area contributed by atoms with Crippen molar-refractivity contribution in [1.82, 2.24) is 14.5 Å². The van der Waals surface area contributed by atoms with Gasteiger partial charge in [0.2, 0.25) is 0 Å². The molecule has 0 bridgehead atoms. The molecule has 0 fully saturated rings. The smallest absolute Gasteiger partial charge is 0.121 e. The second-order valence-corrected chi connectivity index (χ2v) is 23.9. The Morgan fingerprint density at radius 1 is 0.746 bits per heavy atom. The first-order valence-electron chi connectivity index (χ1n) is 24.1. The average Bonchev–Trinajstić information content (AvgIpc) is 3.86. The number of hydrogen-bond donors (Lipinski definition) is 0. The number of para-hydroxylation sites is 2. The molecule has 0 N–H and O–H groups in total. The molecule has 1 radical (unpaired) electrons. The average molecular weight is 1030 g/mol. The van der Waals surface area contributed by atoms with Crippen LogP contribution in [0.1, 0.15) is 89.4 Å². The molecule has 0 atom stereocenters. The molecule has 0 aliphatic heterocycles. The molecule has 0 amide bonds. The van der Waals surface area contributed by atoms with E-state index in [1.807, 2.05) is 75.5 Å². The largest absolute Gasteiger partial charge is 0.500 e. The van der Waals surface area contributed by atoms with E-state index in [1.165, 1.54) is 22.3 Å². The van der Waals surface area contributed by atoms with Crippen molar-refractivity contribution in [3.8, 4) is 39.5 Å². The summed E-state index contributed by atoms with van der Waals surface area (Å²) in [4.78, 5) is 9.79. The Hall–Kier alpha value is -5.39. The number of fused-ring (bicyclic) bond motifs is 4. The van der Waals surface area contributed by atoms with E-state index in [0.717, 1.165) is 60.9 Å². The van der Waals surface area contributed by atoms with Crippen LogP contribution in [-0.4, -0.2) is 22.6 Å². The molecule has 0 spiro atoms. The summed E-state index contributed by atoms with van der Waals surface area (Å²) in [6, 6.07) is 48.8. The van der Waals surface area contributed by atoms with Crippen molar-refractivity contribution in [2.75, 3.05) is 0 Å². The summed E-state index contributed by atoms with van der Waals surface area (Å²) in [6.45, 7) is 19.4. The maximum atomic E-state index is 8.75. The molecule has 0 aliphatic rings. The Labute approximate surface area is 396 Å². The zero-order valence-electron chi connectivity index (χ0n) is 42.9. The third kappa shape index (κ3) is 9.75. The maximum absolute atomic E-state index is 8.75. The maximum Gasteiger partial charge on any atom is 0.121 e. The van der Waals surface area contributed by atoms with E-state index in [2.05, 4.69) is 136 Å². The monoisotopic (exact) mass is 1030 g/mol. The zero-order valence-corrected chi connectivity index (χ0v) is 41.3. The van der Waals surface area contributed by atoms with E-state index in [-0.39, 0.29) is 37.5 Å².